The smallest absolute Gasteiger partial charge is 0.0487 e. The number of aryl methyl sites for hydroxylation is 2. The standard InChI is InChI=1S/C23H29N.C20H23N.2C19H21N/c1-15-16(2)20-13-12-18(17(3)23(4,5)6)14-22(20)24(7)21-11-9-8-10-19(15)21;1-20(2,3)14-16-9-7-11-19-17(16)13-12-15-8-5-6-10-18(15)21(19)4;1-19(2,3)16-11-12-18-15(13-16)10-9-14-7-5-6-8-17(14)20(18)4;1-4-6-15-7-5-8-19-17(15)11-10-16-13-14(2)9-12-18(16)20(19)3/h8-14,17H,1-7H3;5-13H,14H2,1-4H3;5-13H,1-4H3;5,7-13H,4,6H2,1-3H3. The zero-order valence-corrected chi connectivity index (χ0v) is 54.5. The van der Waals surface area contributed by atoms with Crippen molar-refractivity contribution in [3.63, 3.8) is 0 Å². The van der Waals surface area contributed by atoms with Gasteiger partial charge in [-0.3, -0.25) is 0 Å². The molecule has 4 nitrogen and oxygen atoms in total. The van der Waals surface area contributed by atoms with E-state index in [0.717, 1.165) is 12.8 Å². The van der Waals surface area contributed by atoms with E-state index in [1.165, 1.54) is 135 Å². The number of anilines is 8. The number of benzene rings is 8. The van der Waals surface area contributed by atoms with Gasteiger partial charge in [-0.2, -0.15) is 0 Å². The first-order chi connectivity index (χ1) is 40.3. The van der Waals surface area contributed by atoms with E-state index >= 15 is 0 Å². The largest absolute Gasteiger partial charge is 0.344 e. The minimum absolute atomic E-state index is 0.181. The lowest BCUT2D eigenvalue weighted by Crippen LogP contribution is -2.17. The normalized spacial score (nSPS) is 14.0. The molecule has 0 aliphatic carbocycles. The fourth-order valence-corrected chi connectivity index (χ4v) is 12.3. The van der Waals surface area contributed by atoms with E-state index in [4.69, 9.17) is 0 Å². The van der Waals surface area contributed by atoms with Crippen LogP contribution in [-0.2, 0) is 18.3 Å². The fourth-order valence-electron chi connectivity index (χ4n) is 12.3. The van der Waals surface area contributed by atoms with Crippen molar-refractivity contribution in [2.75, 3.05) is 47.8 Å². The van der Waals surface area contributed by atoms with Crippen LogP contribution in [0, 0.1) is 17.8 Å². The van der Waals surface area contributed by atoms with E-state index in [-0.39, 0.29) is 10.8 Å². The number of fused-ring (bicyclic) bond motifs is 8. The minimum atomic E-state index is 0.181. The van der Waals surface area contributed by atoms with Crippen LogP contribution >= 0.6 is 0 Å². The summed E-state index contributed by atoms with van der Waals surface area (Å²) in [5, 5.41) is 0. The number of allylic oxidation sites excluding steroid dienone is 2. The highest BCUT2D eigenvalue weighted by Gasteiger charge is 2.27. The van der Waals surface area contributed by atoms with Gasteiger partial charge in [0.25, 0.3) is 0 Å². The summed E-state index contributed by atoms with van der Waals surface area (Å²) >= 11 is 0. The number of para-hydroxylation sites is 3. The van der Waals surface area contributed by atoms with Gasteiger partial charge in [0.1, 0.15) is 0 Å². The molecule has 0 saturated carbocycles. The topological polar surface area (TPSA) is 13.0 Å². The van der Waals surface area contributed by atoms with Crippen LogP contribution in [0.2, 0.25) is 0 Å². The van der Waals surface area contributed by atoms with Crippen molar-refractivity contribution in [3.05, 3.63) is 236 Å². The van der Waals surface area contributed by atoms with Crippen LogP contribution in [0.3, 0.4) is 0 Å². The Kier molecular flexibility index (Phi) is 18.3. The number of hydrogen-bond acceptors (Lipinski definition) is 4. The number of hydrogen-bond donors (Lipinski definition) is 0. The predicted molar refractivity (Wildman–Crippen MR) is 377 cm³/mol. The lowest BCUT2D eigenvalue weighted by molar-refractivity contribution is 0.339. The van der Waals surface area contributed by atoms with Crippen molar-refractivity contribution in [2.45, 2.75) is 128 Å². The molecule has 12 rings (SSSR count). The predicted octanol–water partition coefficient (Wildman–Crippen LogP) is 22.8. The highest BCUT2D eigenvalue weighted by Crippen LogP contribution is 2.46. The van der Waals surface area contributed by atoms with Gasteiger partial charge in [0.15, 0.2) is 0 Å². The molecule has 8 aromatic carbocycles. The maximum absolute atomic E-state index is 2.39. The van der Waals surface area contributed by atoms with E-state index in [0.29, 0.717) is 11.3 Å². The second kappa shape index (κ2) is 25.2. The van der Waals surface area contributed by atoms with Crippen molar-refractivity contribution in [2.24, 2.45) is 10.8 Å². The average molecular weight is 1120 g/mol. The van der Waals surface area contributed by atoms with E-state index in [1.54, 1.807) is 0 Å². The lowest BCUT2D eigenvalue weighted by atomic mass is 9.77. The molecule has 4 aliphatic heterocycles. The molecule has 0 saturated heterocycles. The molecule has 0 fully saturated rings. The van der Waals surface area contributed by atoms with Crippen LogP contribution in [0.25, 0.3) is 47.6 Å². The van der Waals surface area contributed by atoms with Crippen LogP contribution in [-0.4, -0.2) is 28.2 Å². The monoisotopic (exact) mass is 1120 g/mol. The lowest BCUT2D eigenvalue weighted by Gasteiger charge is -2.30. The van der Waals surface area contributed by atoms with Crippen molar-refractivity contribution in [3.8, 4) is 0 Å². The molecule has 0 radical (unpaired) electrons. The highest BCUT2D eigenvalue weighted by atomic mass is 15.1. The van der Waals surface area contributed by atoms with Gasteiger partial charge in [-0.1, -0.05) is 228 Å². The summed E-state index contributed by atoms with van der Waals surface area (Å²) < 4.78 is 0. The van der Waals surface area contributed by atoms with Crippen molar-refractivity contribution in [1.29, 1.82) is 0 Å². The number of rotatable bonds is 4. The third kappa shape index (κ3) is 13.6. The third-order valence-electron chi connectivity index (χ3n) is 17.8. The molecular weight excluding hydrogens is 1030 g/mol. The Bertz CT molecular complexity index is 3840. The molecule has 0 spiro atoms. The van der Waals surface area contributed by atoms with E-state index < -0.39 is 0 Å². The summed E-state index contributed by atoms with van der Waals surface area (Å²) in [5.74, 6) is 0.514. The van der Waals surface area contributed by atoms with Crippen LogP contribution in [0.15, 0.2) is 164 Å². The van der Waals surface area contributed by atoms with Crippen molar-refractivity contribution in [1.82, 2.24) is 0 Å². The zero-order chi connectivity index (χ0) is 61.1. The summed E-state index contributed by atoms with van der Waals surface area (Å²) in [5.41, 5.74) is 31.2. The first-order valence-corrected chi connectivity index (χ1v) is 30.9. The van der Waals surface area contributed by atoms with Crippen molar-refractivity contribution < 1.29 is 0 Å². The first-order valence-electron chi connectivity index (χ1n) is 30.9. The van der Waals surface area contributed by atoms with Gasteiger partial charge in [0.05, 0.1) is 0 Å². The fraction of sp³-hybridized carbons (Fsp3) is 0.309. The van der Waals surface area contributed by atoms with Crippen LogP contribution < -0.4 is 19.6 Å². The van der Waals surface area contributed by atoms with Gasteiger partial charge in [0, 0.05) is 95.9 Å². The molecule has 0 bridgehead atoms. The molecule has 4 heterocycles. The molecular formula is C81H94N4. The maximum Gasteiger partial charge on any atom is 0.0487 e. The summed E-state index contributed by atoms with van der Waals surface area (Å²) in [6.07, 6.45) is 16.9. The van der Waals surface area contributed by atoms with E-state index in [9.17, 15) is 0 Å². The average Bonchev–Trinajstić information content (AvgIpc) is 4.12. The molecule has 4 heteroatoms. The Balaban J connectivity index is 0.000000136. The second-order valence-corrected chi connectivity index (χ2v) is 27.3. The van der Waals surface area contributed by atoms with Crippen LogP contribution in [0.5, 0.6) is 0 Å². The van der Waals surface area contributed by atoms with Crippen LogP contribution in [0.4, 0.5) is 45.5 Å². The van der Waals surface area contributed by atoms with Gasteiger partial charge >= 0.3 is 0 Å². The Labute approximate surface area is 512 Å². The summed E-state index contributed by atoms with van der Waals surface area (Å²) in [6, 6.07) is 59.6. The quantitative estimate of drug-likeness (QED) is 0.174. The maximum atomic E-state index is 2.39. The van der Waals surface area contributed by atoms with Crippen molar-refractivity contribution >= 4 is 93.1 Å². The Morgan fingerprint density at radius 3 is 1.41 bits per heavy atom. The van der Waals surface area contributed by atoms with Gasteiger partial charge < -0.3 is 19.6 Å². The van der Waals surface area contributed by atoms with Gasteiger partial charge in [-0.15, -0.1) is 0 Å². The first kappa shape index (κ1) is 61.5. The van der Waals surface area contributed by atoms with E-state index in [2.05, 4.69) is 345 Å². The van der Waals surface area contributed by atoms with E-state index in [1.807, 2.05) is 0 Å². The minimum Gasteiger partial charge on any atom is -0.344 e. The zero-order valence-electron chi connectivity index (χ0n) is 54.5. The molecule has 438 valence electrons. The van der Waals surface area contributed by atoms with Crippen LogP contribution in [0.1, 0.15) is 175 Å². The molecule has 4 aliphatic rings. The molecule has 0 aromatic heterocycles. The molecule has 1 unspecified atom stereocenters. The molecule has 1 atom stereocenters. The second-order valence-electron chi connectivity index (χ2n) is 27.3. The SMILES string of the molecule is CC1=C(C)c2ccc(C(C)C(C)(C)C)cc2N(C)c2ccccc21.CCCc1cccc2c1C=Cc1cc(C)ccc1N2C.CN1c2ccccc2C=Cc2c(CC(C)(C)C)cccc21.CN1c2ccccc2C=Cc2cc(C(C)(C)C)ccc21. The highest BCUT2D eigenvalue weighted by molar-refractivity contribution is 6.00. The molecule has 0 amide bonds. The Morgan fingerprint density at radius 2 is 0.835 bits per heavy atom. The molecule has 85 heavy (non-hydrogen) atoms. The number of nitrogens with zero attached hydrogens (tertiary/aromatic N) is 4. The Morgan fingerprint density at radius 1 is 0.388 bits per heavy atom. The third-order valence-corrected chi connectivity index (χ3v) is 17.8. The van der Waals surface area contributed by atoms with Gasteiger partial charge in [-0.25, -0.2) is 0 Å². The van der Waals surface area contributed by atoms with Gasteiger partial charge in [0.2, 0.25) is 0 Å². The summed E-state index contributed by atoms with van der Waals surface area (Å²) in [7, 11) is 8.65. The Hall–Kier alpha value is -8.08. The summed E-state index contributed by atoms with van der Waals surface area (Å²) in [4.78, 5) is 9.24. The molecule has 8 aromatic rings. The molecule has 0 N–H and O–H groups in total. The summed E-state index contributed by atoms with van der Waals surface area (Å²) in [6.45, 7) is 31.8. The van der Waals surface area contributed by atoms with Gasteiger partial charge in [-0.05, 0) is 172 Å².